The van der Waals surface area contributed by atoms with Crippen molar-refractivity contribution < 1.29 is 13.5 Å². The quantitative estimate of drug-likeness (QED) is 0.891. The van der Waals surface area contributed by atoms with E-state index in [9.17, 15) is 8.78 Å². The summed E-state index contributed by atoms with van der Waals surface area (Å²) in [5.41, 5.74) is 2.08. The fourth-order valence-electron chi connectivity index (χ4n) is 2.05. The molecular weight excluding hydrogens is 260 g/mol. The molecule has 0 aliphatic heterocycles. The first-order valence-corrected chi connectivity index (χ1v) is 6.37. The number of ether oxygens (including phenoxy) is 1. The zero-order chi connectivity index (χ0) is 14.7. The van der Waals surface area contributed by atoms with Crippen LogP contribution in [0.25, 0.3) is 0 Å². The second-order valence-electron chi connectivity index (χ2n) is 4.71. The van der Waals surface area contributed by atoms with Crippen LogP contribution in [0.15, 0.2) is 36.4 Å². The number of methoxy groups -OCH3 is 1. The summed E-state index contributed by atoms with van der Waals surface area (Å²) in [6, 6.07) is 8.93. The number of anilines is 1. The van der Waals surface area contributed by atoms with Gasteiger partial charge in [-0.25, -0.2) is 8.78 Å². The number of benzene rings is 2. The molecule has 2 aromatic rings. The Hall–Kier alpha value is -2.10. The Bertz CT molecular complexity index is 613. The van der Waals surface area contributed by atoms with Gasteiger partial charge >= 0.3 is 0 Å². The van der Waals surface area contributed by atoms with Crippen LogP contribution in [0.4, 0.5) is 14.5 Å². The summed E-state index contributed by atoms with van der Waals surface area (Å²) >= 11 is 0. The van der Waals surface area contributed by atoms with Crippen LogP contribution in [-0.4, -0.2) is 7.11 Å². The molecule has 0 radical (unpaired) electrons. The summed E-state index contributed by atoms with van der Waals surface area (Å²) in [6.07, 6.45) is 0. The number of nitrogens with one attached hydrogen (secondary N) is 1. The molecule has 0 spiro atoms. The van der Waals surface area contributed by atoms with Crippen molar-refractivity contribution in [2.75, 3.05) is 12.4 Å². The van der Waals surface area contributed by atoms with Crippen molar-refractivity contribution in [2.24, 2.45) is 0 Å². The minimum Gasteiger partial charge on any atom is -0.497 e. The van der Waals surface area contributed by atoms with Crippen LogP contribution in [0.5, 0.6) is 5.75 Å². The summed E-state index contributed by atoms with van der Waals surface area (Å²) in [7, 11) is 1.49. The van der Waals surface area contributed by atoms with E-state index in [2.05, 4.69) is 5.32 Å². The Morgan fingerprint density at radius 3 is 2.50 bits per heavy atom. The second-order valence-corrected chi connectivity index (χ2v) is 4.71. The predicted octanol–water partition coefficient (Wildman–Crippen LogP) is 4.45. The van der Waals surface area contributed by atoms with Gasteiger partial charge in [-0.3, -0.25) is 0 Å². The molecule has 106 valence electrons. The van der Waals surface area contributed by atoms with Crippen LogP contribution in [0, 0.1) is 18.6 Å². The van der Waals surface area contributed by atoms with E-state index in [1.54, 1.807) is 18.2 Å². The van der Waals surface area contributed by atoms with Crippen molar-refractivity contribution in [3.8, 4) is 5.75 Å². The van der Waals surface area contributed by atoms with Gasteiger partial charge in [0.15, 0.2) is 0 Å². The largest absolute Gasteiger partial charge is 0.497 e. The number of hydrogen-bond acceptors (Lipinski definition) is 2. The van der Waals surface area contributed by atoms with Gasteiger partial charge in [0.05, 0.1) is 13.2 Å². The fraction of sp³-hybridized carbons (Fsp3) is 0.250. The Kier molecular flexibility index (Phi) is 4.23. The molecule has 2 nitrogen and oxygen atoms in total. The SMILES string of the molecule is COc1ccc(C(C)Nc2cc(F)ccc2C)c(F)c1. The molecule has 1 atom stereocenters. The first-order valence-electron chi connectivity index (χ1n) is 6.37. The van der Waals surface area contributed by atoms with Crippen molar-refractivity contribution in [3.05, 3.63) is 59.2 Å². The van der Waals surface area contributed by atoms with Gasteiger partial charge in [-0.15, -0.1) is 0 Å². The van der Waals surface area contributed by atoms with Crippen molar-refractivity contribution in [2.45, 2.75) is 19.9 Å². The molecule has 1 N–H and O–H groups in total. The zero-order valence-electron chi connectivity index (χ0n) is 11.7. The highest BCUT2D eigenvalue weighted by atomic mass is 19.1. The molecule has 0 fully saturated rings. The van der Waals surface area contributed by atoms with Crippen LogP contribution in [0.1, 0.15) is 24.1 Å². The predicted molar refractivity (Wildman–Crippen MR) is 76.1 cm³/mol. The van der Waals surface area contributed by atoms with Gasteiger partial charge in [0.2, 0.25) is 0 Å². The maximum Gasteiger partial charge on any atom is 0.132 e. The van der Waals surface area contributed by atoms with Crippen molar-refractivity contribution in [1.29, 1.82) is 0 Å². The monoisotopic (exact) mass is 277 g/mol. The molecule has 0 saturated heterocycles. The molecular formula is C16H17F2NO. The Labute approximate surface area is 117 Å². The van der Waals surface area contributed by atoms with Crippen molar-refractivity contribution in [1.82, 2.24) is 0 Å². The van der Waals surface area contributed by atoms with Gasteiger partial charge < -0.3 is 10.1 Å². The first-order chi connectivity index (χ1) is 9.51. The lowest BCUT2D eigenvalue weighted by molar-refractivity contribution is 0.410. The minimum atomic E-state index is -0.349. The molecule has 0 aliphatic rings. The minimum absolute atomic E-state index is 0.276. The summed E-state index contributed by atoms with van der Waals surface area (Å²) in [4.78, 5) is 0. The molecule has 0 heterocycles. The van der Waals surface area contributed by atoms with Crippen molar-refractivity contribution in [3.63, 3.8) is 0 Å². The number of halogens is 2. The van der Waals surface area contributed by atoms with Gasteiger partial charge in [-0.1, -0.05) is 12.1 Å². The van der Waals surface area contributed by atoms with Gasteiger partial charge in [-0.05, 0) is 37.6 Å². The summed E-state index contributed by atoms with van der Waals surface area (Å²) < 4.78 is 32.2. The molecule has 0 aliphatic carbocycles. The normalized spacial score (nSPS) is 12.1. The van der Waals surface area contributed by atoms with Crippen LogP contribution in [-0.2, 0) is 0 Å². The topological polar surface area (TPSA) is 21.3 Å². The molecule has 2 rings (SSSR count). The van der Waals surface area contributed by atoms with E-state index in [0.29, 0.717) is 17.0 Å². The molecule has 1 unspecified atom stereocenters. The molecule has 0 bridgehead atoms. The lowest BCUT2D eigenvalue weighted by atomic mass is 10.1. The van der Waals surface area contributed by atoms with Gasteiger partial charge in [-0.2, -0.15) is 0 Å². The molecule has 0 saturated carbocycles. The van der Waals surface area contributed by atoms with E-state index in [0.717, 1.165) is 5.56 Å². The van der Waals surface area contributed by atoms with Gasteiger partial charge in [0, 0.05) is 17.3 Å². The average Bonchev–Trinajstić information content (AvgIpc) is 2.42. The van der Waals surface area contributed by atoms with E-state index in [1.165, 1.54) is 25.3 Å². The highest BCUT2D eigenvalue weighted by Gasteiger charge is 2.13. The standard InChI is InChI=1S/C16H17F2NO/c1-10-4-5-12(17)8-16(10)19-11(2)14-7-6-13(20-3)9-15(14)18/h4-9,11,19H,1-3H3. The second kappa shape index (κ2) is 5.90. The molecule has 20 heavy (non-hydrogen) atoms. The Morgan fingerprint density at radius 2 is 1.85 bits per heavy atom. The molecule has 4 heteroatoms. The Balaban J connectivity index is 2.23. The number of aryl methyl sites for hydroxylation is 1. The average molecular weight is 277 g/mol. The summed E-state index contributed by atoms with van der Waals surface area (Å²) in [5.74, 6) is -0.195. The van der Waals surface area contributed by atoms with E-state index in [4.69, 9.17) is 4.74 Å². The highest BCUT2D eigenvalue weighted by molar-refractivity contribution is 5.52. The van der Waals surface area contributed by atoms with Gasteiger partial charge in [0.25, 0.3) is 0 Å². The first kappa shape index (κ1) is 14.3. The highest BCUT2D eigenvalue weighted by Crippen LogP contribution is 2.26. The molecule has 0 amide bonds. The third-order valence-electron chi connectivity index (χ3n) is 3.25. The van der Waals surface area contributed by atoms with Crippen LogP contribution < -0.4 is 10.1 Å². The van der Waals surface area contributed by atoms with Gasteiger partial charge in [0.1, 0.15) is 17.4 Å². The van der Waals surface area contributed by atoms with E-state index in [-0.39, 0.29) is 17.7 Å². The third kappa shape index (κ3) is 3.07. The number of hydrogen-bond donors (Lipinski definition) is 1. The summed E-state index contributed by atoms with van der Waals surface area (Å²) in [5, 5.41) is 3.12. The van der Waals surface area contributed by atoms with Crippen molar-refractivity contribution >= 4 is 5.69 Å². The van der Waals surface area contributed by atoms with E-state index < -0.39 is 0 Å². The number of rotatable bonds is 4. The van der Waals surface area contributed by atoms with Crippen LogP contribution in [0.3, 0.4) is 0 Å². The zero-order valence-corrected chi connectivity index (χ0v) is 11.7. The smallest absolute Gasteiger partial charge is 0.132 e. The summed E-state index contributed by atoms with van der Waals surface area (Å²) in [6.45, 7) is 3.70. The fourth-order valence-corrected chi connectivity index (χ4v) is 2.05. The van der Waals surface area contributed by atoms with Crippen LogP contribution >= 0.6 is 0 Å². The van der Waals surface area contributed by atoms with E-state index >= 15 is 0 Å². The van der Waals surface area contributed by atoms with E-state index in [1.807, 2.05) is 13.8 Å². The molecule has 2 aromatic carbocycles. The lowest BCUT2D eigenvalue weighted by Gasteiger charge is -2.18. The Morgan fingerprint density at radius 1 is 1.10 bits per heavy atom. The molecule has 0 aromatic heterocycles. The third-order valence-corrected chi connectivity index (χ3v) is 3.25. The lowest BCUT2D eigenvalue weighted by Crippen LogP contribution is -2.10. The van der Waals surface area contributed by atoms with Crippen LogP contribution in [0.2, 0.25) is 0 Å². The maximum absolute atomic E-state index is 14.0. The maximum atomic E-state index is 14.0.